The van der Waals surface area contributed by atoms with E-state index in [1.807, 2.05) is 26.0 Å². The average Bonchev–Trinajstić information content (AvgIpc) is 2.38. The van der Waals surface area contributed by atoms with Gasteiger partial charge in [0, 0.05) is 12.1 Å². The van der Waals surface area contributed by atoms with Gasteiger partial charge in [-0.3, -0.25) is 0 Å². The first-order chi connectivity index (χ1) is 9.85. The monoisotopic (exact) mass is 312 g/mol. The number of benzene rings is 1. The molecule has 1 atom stereocenters. The van der Waals surface area contributed by atoms with Crippen LogP contribution in [0.1, 0.15) is 46.1 Å². The normalized spacial score (nSPS) is 13.6. The molecule has 0 spiro atoms. The van der Waals surface area contributed by atoms with Crippen molar-refractivity contribution in [1.29, 1.82) is 0 Å². The van der Waals surface area contributed by atoms with E-state index in [4.69, 9.17) is 0 Å². The largest absolute Gasteiger partial charge is 0.314 e. The summed E-state index contributed by atoms with van der Waals surface area (Å²) in [5, 5.41) is 3.35. The van der Waals surface area contributed by atoms with E-state index in [1.54, 1.807) is 12.1 Å². The minimum Gasteiger partial charge on any atom is -0.314 e. The van der Waals surface area contributed by atoms with E-state index in [0.29, 0.717) is 10.9 Å². The van der Waals surface area contributed by atoms with E-state index in [2.05, 4.69) is 23.9 Å². The minimum absolute atomic E-state index is 0.0325. The summed E-state index contributed by atoms with van der Waals surface area (Å²) in [5.41, 5.74) is 1.14. The first kappa shape index (κ1) is 18.1. The van der Waals surface area contributed by atoms with Crippen molar-refractivity contribution in [3.05, 3.63) is 29.8 Å². The Morgan fingerprint density at radius 1 is 1.10 bits per heavy atom. The fourth-order valence-corrected chi connectivity index (χ4v) is 3.44. The Labute approximate surface area is 129 Å². The fourth-order valence-electron chi connectivity index (χ4n) is 2.17. The van der Waals surface area contributed by atoms with Crippen molar-refractivity contribution in [3.63, 3.8) is 0 Å². The SMILES string of the molecule is CCCC(C)NS(=O)(=O)c1ccc(CCNC(C)C)cc1. The molecule has 5 heteroatoms. The van der Waals surface area contributed by atoms with E-state index in [1.165, 1.54) is 0 Å². The van der Waals surface area contributed by atoms with Crippen molar-refractivity contribution < 1.29 is 8.42 Å². The minimum atomic E-state index is -3.40. The van der Waals surface area contributed by atoms with Crippen LogP contribution >= 0.6 is 0 Å². The number of rotatable bonds is 9. The lowest BCUT2D eigenvalue weighted by Crippen LogP contribution is -2.32. The summed E-state index contributed by atoms with van der Waals surface area (Å²) in [7, 11) is -3.40. The molecule has 0 heterocycles. The number of hydrogen-bond acceptors (Lipinski definition) is 3. The molecule has 0 saturated heterocycles. The summed E-state index contributed by atoms with van der Waals surface area (Å²) < 4.78 is 27.1. The summed E-state index contributed by atoms with van der Waals surface area (Å²) in [6.07, 6.45) is 2.71. The molecule has 1 unspecified atom stereocenters. The molecule has 1 aromatic carbocycles. The van der Waals surface area contributed by atoms with Gasteiger partial charge in [0.15, 0.2) is 0 Å². The second kappa shape index (κ2) is 8.51. The molecule has 2 N–H and O–H groups in total. The highest BCUT2D eigenvalue weighted by Gasteiger charge is 2.16. The van der Waals surface area contributed by atoms with Crippen LogP contribution < -0.4 is 10.0 Å². The van der Waals surface area contributed by atoms with Crippen LogP contribution in [0.4, 0.5) is 0 Å². The Morgan fingerprint density at radius 3 is 2.24 bits per heavy atom. The van der Waals surface area contributed by atoms with Gasteiger partial charge in [0.05, 0.1) is 4.90 Å². The molecular weight excluding hydrogens is 284 g/mol. The summed E-state index contributed by atoms with van der Waals surface area (Å²) in [5.74, 6) is 0. The Kier molecular flexibility index (Phi) is 7.35. The highest BCUT2D eigenvalue weighted by atomic mass is 32.2. The van der Waals surface area contributed by atoms with Gasteiger partial charge >= 0.3 is 0 Å². The molecule has 21 heavy (non-hydrogen) atoms. The Hall–Kier alpha value is -0.910. The van der Waals surface area contributed by atoms with Crippen LogP contribution in [0.2, 0.25) is 0 Å². The maximum absolute atomic E-state index is 12.2. The lowest BCUT2D eigenvalue weighted by Gasteiger charge is -2.13. The molecule has 0 radical (unpaired) electrons. The summed E-state index contributed by atoms with van der Waals surface area (Å²) in [4.78, 5) is 0.339. The van der Waals surface area contributed by atoms with Crippen LogP contribution in [0.5, 0.6) is 0 Å². The standard InChI is InChI=1S/C16H28N2O2S/c1-5-6-14(4)18-21(19,20)16-9-7-15(8-10-16)11-12-17-13(2)3/h7-10,13-14,17-18H,5-6,11-12H2,1-4H3. The third-order valence-corrected chi connectivity index (χ3v) is 4.88. The number of nitrogens with one attached hydrogen (secondary N) is 2. The molecule has 0 amide bonds. The summed E-state index contributed by atoms with van der Waals surface area (Å²) in [6.45, 7) is 9.06. The van der Waals surface area contributed by atoms with E-state index in [0.717, 1.165) is 31.4 Å². The predicted molar refractivity (Wildman–Crippen MR) is 88.0 cm³/mol. The molecule has 0 saturated carbocycles. The molecule has 0 aromatic heterocycles. The fraction of sp³-hybridized carbons (Fsp3) is 0.625. The van der Waals surface area contributed by atoms with Crippen molar-refractivity contribution in [3.8, 4) is 0 Å². The van der Waals surface area contributed by atoms with E-state index < -0.39 is 10.0 Å². The van der Waals surface area contributed by atoms with Crippen molar-refractivity contribution in [1.82, 2.24) is 10.0 Å². The smallest absolute Gasteiger partial charge is 0.240 e. The van der Waals surface area contributed by atoms with Gasteiger partial charge in [0.1, 0.15) is 0 Å². The predicted octanol–water partition coefficient (Wildman–Crippen LogP) is 2.69. The lowest BCUT2D eigenvalue weighted by molar-refractivity contribution is 0.544. The quantitative estimate of drug-likeness (QED) is 0.737. The Balaban J connectivity index is 2.64. The van der Waals surface area contributed by atoms with Crippen LogP contribution in [-0.4, -0.2) is 27.0 Å². The third kappa shape index (κ3) is 6.59. The van der Waals surface area contributed by atoms with Crippen molar-refractivity contribution in [2.45, 2.75) is 63.9 Å². The highest BCUT2D eigenvalue weighted by Crippen LogP contribution is 2.12. The second-order valence-electron chi connectivity index (χ2n) is 5.81. The molecule has 120 valence electrons. The van der Waals surface area contributed by atoms with Crippen LogP contribution in [0.15, 0.2) is 29.2 Å². The van der Waals surface area contributed by atoms with Gasteiger partial charge in [-0.2, -0.15) is 0 Å². The maximum Gasteiger partial charge on any atom is 0.240 e. The zero-order valence-electron chi connectivity index (χ0n) is 13.5. The molecule has 0 bridgehead atoms. The van der Waals surface area contributed by atoms with Gasteiger partial charge < -0.3 is 5.32 Å². The Morgan fingerprint density at radius 2 is 1.71 bits per heavy atom. The highest BCUT2D eigenvalue weighted by molar-refractivity contribution is 7.89. The van der Waals surface area contributed by atoms with Gasteiger partial charge in [-0.05, 0) is 44.0 Å². The topological polar surface area (TPSA) is 58.2 Å². The van der Waals surface area contributed by atoms with E-state index in [-0.39, 0.29) is 6.04 Å². The summed E-state index contributed by atoms with van der Waals surface area (Å²) >= 11 is 0. The maximum atomic E-state index is 12.2. The number of sulfonamides is 1. The molecule has 0 aliphatic carbocycles. The molecule has 0 fully saturated rings. The first-order valence-corrected chi connectivity index (χ1v) is 9.18. The molecule has 0 aliphatic rings. The van der Waals surface area contributed by atoms with Crippen molar-refractivity contribution >= 4 is 10.0 Å². The van der Waals surface area contributed by atoms with Crippen molar-refractivity contribution in [2.75, 3.05) is 6.54 Å². The van der Waals surface area contributed by atoms with Crippen molar-refractivity contribution in [2.24, 2.45) is 0 Å². The molecule has 1 aromatic rings. The average molecular weight is 312 g/mol. The van der Waals surface area contributed by atoms with Crippen LogP contribution in [-0.2, 0) is 16.4 Å². The molecular formula is C16H28N2O2S. The third-order valence-electron chi connectivity index (χ3n) is 3.28. The summed E-state index contributed by atoms with van der Waals surface area (Å²) in [6, 6.07) is 7.59. The molecule has 1 rings (SSSR count). The van der Waals surface area contributed by atoms with Gasteiger partial charge in [0.2, 0.25) is 10.0 Å². The van der Waals surface area contributed by atoms with Gasteiger partial charge in [0.25, 0.3) is 0 Å². The van der Waals surface area contributed by atoms with Gasteiger partial charge in [-0.1, -0.05) is 39.3 Å². The van der Waals surface area contributed by atoms with E-state index in [9.17, 15) is 8.42 Å². The van der Waals surface area contributed by atoms with E-state index >= 15 is 0 Å². The number of hydrogen-bond donors (Lipinski definition) is 2. The molecule has 4 nitrogen and oxygen atoms in total. The Bertz CT molecular complexity index is 510. The zero-order valence-corrected chi connectivity index (χ0v) is 14.3. The lowest BCUT2D eigenvalue weighted by atomic mass is 10.1. The zero-order chi connectivity index (χ0) is 15.9. The first-order valence-electron chi connectivity index (χ1n) is 7.69. The van der Waals surface area contributed by atoms with Crippen LogP contribution in [0.3, 0.4) is 0 Å². The van der Waals surface area contributed by atoms with Gasteiger partial charge in [-0.15, -0.1) is 0 Å². The second-order valence-corrected chi connectivity index (χ2v) is 7.53. The van der Waals surface area contributed by atoms with Gasteiger partial charge in [-0.25, -0.2) is 13.1 Å². The van der Waals surface area contributed by atoms with Crippen LogP contribution in [0, 0.1) is 0 Å². The molecule has 0 aliphatic heterocycles. The van der Waals surface area contributed by atoms with Crippen LogP contribution in [0.25, 0.3) is 0 Å².